The summed E-state index contributed by atoms with van der Waals surface area (Å²) in [7, 11) is 0. The number of benzene rings is 1. The van der Waals surface area contributed by atoms with E-state index < -0.39 is 0 Å². The minimum atomic E-state index is -0.0899. The molecule has 1 aromatic carbocycles. The zero-order valence-electron chi connectivity index (χ0n) is 11.7. The van der Waals surface area contributed by atoms with Crippen molar-refractivity contribution in [1.29, 1.82) is 0 Å². The van der Waals surface area contributed by atoms with Crippen molar-refractivity contribution < 1.29 is 9.90 Å². The largest absolute Gasteiger partial charge is 0.395 e. The SMILES string of the molecule is CC1C(=O)NCCN1Cc1cccc(C#CCCO)c1. The molecule has 1 heterocycles. The van der Waals surface area contributed by atoms with E-state index in [-0.39, 0.29) is 18.6 Å². The Balaban J connectivity index is 2.04. The second-order valence-corrected chi connectivity index (χ2v) is 4.91. The maximum Gasteiger partial charge on any atom is 0.237 e. The van der Waals surface area contributed by atoms with Gasteiger partial charge in [-0.05, 0) is 24.6 Å². The monoisotopic (exact) mass is 272 g/mol. The molecule has 0 bridgehead atoms. The van der Waals surface area contributed by atoms with Gasteiger partial charge in [-0.25, -0.2) is 0 Å². The van der Waals surface area contributed by atoms with Crippen molar-refractivity contribution in [3.63, 3.8) is 0 Å². The van der Waals surface area contributed by atoms with Gasteiger partial charge in [-0.2, -0.15) is 0 Å². The van der Waals surface area contributed by atoms with Gasteiger partial charge in [-0.15, -0.1) is 0 Å². The van der Waals surface area contributed by atoms with Gasteiger partial charge in [-0.3, -0.25) is 9.69 Å². The van der Waals surface area contributed by atoms with E-state index >= 15 is 0 Å². The summed E-state index contributed by atoms with van der Waals surface area (Å²) < 4.78 is 0. The van der Waals surface area contributed by atoms with Gasteiger partial charge in [-0.1, -0.05) is 24.0 Å². The first-order valence-corrected chi connectivity index (χ1v) is 6.91. The maximum absolute atomic E-state index is 11.6. The van der Waals surface area contributed by atoms with Crippen molar-refractivity contribution in [2.24, 2.45) is 0 Å². The molecule has 2 rings (SSSR count). The lowest BCUT2D eigenvalue weighted by Gasteiger charge is -2.32. The highest BCUT2D eigenvalue weighted by Gasteiger charge is 2.24. The number of carbonyl (C=O) groups is 1. The summed E-state index contributed by atoms with van der Waals surface area (Å²) in [4.78, 5) is 13.8. The molecular weight excluding hydrogens is 252 g/mol. The van der Waals surface area contributed by atoms with Gasteiger partial charge in [0.1, 0.15) is 0 Å². The molecule has 1 aliphatic heterocycles. The van der Waals surface area contributed by atoms with E-state index in [1.807, 2.05) is 25.1 Å². The van der Waals surface area contributed by atoms with Crippen LogP contribution in [0.1, 0.15) is 24.5 Å². The Kier molecular flexibility index (Phi) is 5.16. The second kappa shape index (κ2) is 7.09. The highest BCUT2D eigenvalue weighted by molar-refractivity contribution is 5.81. The number of carbonyl (C=O) groups excluding carboxylic acids is 1. The minimum Gasteiger partial charge on any atom is -0.395 e. The molecule has 1 aromatic rings. The minimum absolute atomic E-state index is 0.0899. The van der Waals surface area contributed by atoms with E-state index in [0.717, 1.165) is 24.2 Å². The Hall–Kier alpha value is -1.83. The van der Waals surface area contributed by atoms with E-state index in [0.29, 0.717) is 13.0 Å². The van der Waals surface area contributed by atoms with Gasteiger partial charge >= 0.3 is 0 Å². The van der Waals surface area contributed by atoms with Gasteiger partial charge in [0.25, 0.3) is 0 Å². The van der Waals surface area contributed by atoms with E-state index in [9.17, 15) is 4.79 Å². The Morgan fingerprint density at radius 2 is 2.35 bits per heavy atom. The number of nitrogens with zero attached hydrogens (tertiary/aromatic N) is 1. The third-order valence-electron chi connectivity index (χ3n) is 3.41. The molecule has 0 radical (unpaired) electrons. The lowest BCUT2D eigenvalue weighted by atomic mass is 10.1. The maximum atomic E-state index is 11.6. The van der Waals surface area contributed by atoms with E-state index in [1.54, 1.807) is 0 Å². The van der Waals surface area contributed by atoms with E-state index in [4.69, 9.17) is 5.11 Å². The molecule has 1 saturated heterocycles. The second-order valence-electron chi connectivity index (χ2n) is 4.91. The number of amides is 1. The molecular formula is C16H20N2O2. The van der Waals surface area contributed by atoms with Crippen LogP contribution in [0, 0.1) is 11.8 Å². The van der Waals surface area contributed by atoms with Crippen molar-refractivity contribution in [3.05, 3.63) is 35.4 Å². The van der Waals surface area contributed by atoms with Crippen LogP contribution in [0.25, 0.3) is 0 Å². The van der Waals surface area contributed by atoms with Crippen molar-refractivity contribution >= 4 is 5.91 Å². The molecule has 1 aliphatic rings. The summed E-state index contributed by atoms with van der Waals surface area (Å²) in [5.74, 6) is 6.05. The number of rotatable bonds is 3. The van der Waals surface area contributed by atoms with Crippen LogP contribution in [0.4, 0.5) is 0 Å². The smallest absolute Gasteiger partial charge is 0.237 e. The van der Waals surface area contributed by atoms with Crippen molar-refractivity contribution in [3.8, 4) is 11.8 Å². The van der Waals surface area contributed by atoms with Crippen molar-refractivity contribution in [1.82, 2.24) is 10.2 Å². The number of piperazine rings is 1. The Morgan fingerprint density at radius 1 is 1.50 bits per heavy atom. The fourth-order valence-electron chi connectivity index (χ4n) is 2.25. The summed E-state index contributed by atoms with van der Waals surface area (Å²) in [6.45, 7) is 4.35. The van der Waals surface area contributed by atoms with E-state index in [2.05, 4.69) is 28.1 Å². The number of aliphatic hydroxyl groups excluding tert-OH is 1. The summed E-state index contributed by atoms with van der Waals surface area (Å²) >= 11 is 0. The first-order valence-electron chi connectivity index (χ1n) is 6.91. The van der Waals surface area contributed by atoms with Crippen LogP contribution in [-0.2, 0) is 11.3 Å². The number of nitrogens with one attached hydrogen (secondary N) is 1. The molecule has 0 saturated carbocycles. The first-order chi connectivity index (χ1) is 9.70. The van der Waals surface area contributed by atoms with Crippen LogP contribution in [-0.4, -0.2) is 41.7 Å². The average Bonchev–Trinajstić information content (AvgIpc) is 2.45. The lowest BCUT2D eigenvalue weighted by Crippen LogP contribution is -2.53. The summed E-state index contributed by atoms with van der Waals surface area (Å²) in [6, 6.07) is 7.95. The van der Waals surface area contributed by atoms with Gasteiger partial charge in [0, 0.05) is 31.6 Å². The van der Waals surface area contributed by atoms with Crippen LogP contribution in [0.5, 0.6) is 0 Å². The molecule has 1 amide bonds. The molecule has 4 heteroatoms. The highest BCUT2D eigenvalue weighted by atomic mass is 16.2. The zero-order valence-corrected chi connectivity index (χ0v) is 11.7. The third kappa shape index (κ3) is 3.83. The van der Waals surface area contributed by atoms with Gasteiger partial charge in [0.05, 0.1) is 12.6 Å². The van der Waals surface area contributed by atoms with E-state index in [1.165, 1.54) is 0 Å². The Labute approximate surface area is 119 Å². The number of hydrogen-bond acceptors (Lipinski definition) is 3. The Morgan fingerprint density at radius 3 is 3.15 bits per heavy atom. The highest BCUT2D eigenvalue weighted by Crippen LogP contribution is 2.12. The van der Waals surface area contributed by atoms with Crippen molar-refractivity contribution in [2.45, 2.75) is 25.9 Å². The van der Waals surface area contributed by atoms with Crippen LogP contribution in [0.15, 0.2) is 24.3 Å². The molecule has 0 aliphatic carbocycles. The van der Waals surface area contributed by atoms with Gasteiger partial charge < -0.3 is 10.4 Å². The number of aliphatic hydroxyl groups is 1. The molecule has 0 aromatic heterocycles. The van der Waals surface area contributed by atoms with Crippen LogP contribution >= 0.6 is 0 Å². The topological polar surface area (TPSA) is 52.6 Å². The zero-order chi connectivity index (χ0) is 14.4. The standard InChI is InChI=1S/C16H20N2O2/c1-13-16(20)17-8-9-18(13)12-15-7-4-6-14(11-15)5-2-3-10-19/h4,6-7,11,13,19H,3,8-10,12H2,1H3,(H,17,20). The summed E-state index contributed by atoms with van der Waals surface area (Å²) in [5, 5.41) is 11.6. The molecule has 20 heavy (non-hydrogen) atoms. The fraction of sp³-hybridized carbons (Fsp3) is 0.438. The van der Waals surface area contributed by atoms with Crippen LogP contribution in [0.3, 0.4) is 0 Å². The first kappa shape index (κ1) is 14.6. The quantitative estimate of drug-likeness (QED) is 0.798. The van der Waals surface area contributed by atoms with Gasteiger partial charge in [0.2, 0.25) is 5.91 Å². The molecule has 4 nitrogen and oxygen atoms in total. The van der Waals surface area contributed by atoms with Crippen LogP contribution < -0.4 is 5.32 Å². The number of hydrogen-bond donors (Lipinski definition) is 2. The predicted molar refractivity (Wildman–Crippen MR) is 77.9 cm³/mol. The normalized spacial score (nSPS) is 19.1. The predicted octanol–water partition coefficient (Wildman–Crippen LogP) is 0.741. The van der Waals surface area contributed by atoms with Gasteiger partial charge in [0.15, 0.2) is 0 Å². The fourth-order valence-corrected chi connectivity index (χ4v) is 2.25. The average molecular weight is 272 g/mol. The van der Waals surface area contributed by atoms with Crippen LogP contribution in [0.2, 0.25) is 0 Å². The molecule has 1 fully saturated rings. The molecule has 0 spiro atoms. The molecule has 106 valence electrons. The lowest BCUT2D eigenvalue weighted by molar-refractivity contribution is -0.128. The molecule has 1 atom stereocenters. The van der Waals surface area contributed by atoms with Crippen molar-refractivity contribution in [2.75, 3.05) is 19.7 Å². The Bertz CT molecular complexity index is 531. The molecule has 2 N–H and O–H groups in total. The molecule has 1 unspecified atom stereocenters. The summed E-state index contributed by atoms with van der Waals surface area (Å²) in [5.41, 5.74) is 2.10. The third-order valence-corrected chi connectivity index (χ3v) is 3.41. The summed E-state index contributed by atoms with van der Waals surface area (Å²) in [6.07, 6.45) is 0.494.